The summed E-state index contributed by atoms with van der Waals surface area (Å²) in [6.45, 7) is 16.1. The fourth-order valence-corrected chi connectivity index (χ4v) is 3.90. The van der Waals surface area contributed by atoms with E-state index in [2.05, 4.69) is 72.9 Å². The van der Waals surface area contributed by atoms with Gasteiger partial charge in [-0.05, 0) is 53.1 Å². The first kappa shape index (κ1) is 20.3. The predicted octanol–water partition coefficient (Wildman–Crippen LogP) is 7.94. The molecule has 0 amide bonds. The molecule has 0 fully saturated rings. The fraction of sp³-hybridized carbons (Fsp3) is 0.148. The summed E-state index contributed by atoms with van der Waals surface area (Å²) in [7, 11) is 0. The topological polar surface area (TPSA) is 24.9 Å². The average molecular weight is 381 g/mol. The maximum Gasteiger partial charge on any atom is 0.0647 e. The summed E-state index contributed by atoms with van der Waals surface area (Å²) >= 11 is 0. The van der Waals surface area contributed by atoms with Gasteiger partial charge in [0.25, 0.3) is 0 Å². The van der Waals surface area contributed by atoms with Crippen molar-refractivity contribution < 1.29 is 0 Å². The number of rotatable bonds is 5. The third-order valence-corrected chi connectivity index (χ3v) is 5.11. The van der Waals surface area contributed by atoms with Crippen LogP contribution in [0.2, 0.25) is 0 Å². The molecule has 0 saturated heterocycles. The van der Waals surface area contributed by atoms with Crippen LogP contribution in [0.15, 0.2) is 74.1 Å². The minimum atomic E-state index is 1.01. The third kappa shape index (κ3) is 3.42. The van der Waals surface area contributed by atoms with E-state index in [9.17, 15) is 0 Å². The number of hydrogen-bond donors (Lipinski definition) is 1. The van der Waals surface area contributed by atoms with Crippen molar-refractivity contribution in [3.05, 3.63) is 96.4 Å². The van der Waals surface area contributed by atoms with E-state index in [1.807, 2.05) is 45.3 Å². The maximum atomic E-state index is 4.37. The zero-order valence-corrected chi connectivity index (χ0v) is 17.7. The smallest absolute Gasteiger partial charge is 0.0647 e. The lowest BCUT2D eigenvalue weighted by Crippen LogP contribution is -1.98. The number of aromatic nitrogens is 1. The van der Waals surface area contributed by atoms with Gasteiger partial charge in [0.15, 0.2) is 0 Å². The van der Waals surface area contributed by atoms with Crippen LogP contribution < -0.4 is 5.32 Å². The van der Waals surface area contributed by atoms with Gasteiger partial charge in [-0.25, -0.2) is 0 Å². The Morgan fingerprint density at radius 1 is 0.897 bits per heavy atom. The molecule has 0 aliphatic heterocycles. The molecule has 0 atom stereocenters. The van der Waals surface area contributed by atoms with E-state index in [1.54, 1.807) is 0 Å². The molecule has 29 heavy (non-hydrogen) atoms. The third-order valence-electron chi connectivity index (χ3n) is 5.11. The summed E-state index contributed by atoms with van der Waals surface area (Å²) < 4.78 is 0. The molecule has 1 heterocycles. The number of aryl methyl sites for hydroxylation is 1. The van der Waals surface area contributed by atoms with E-state index in [0.29, 0.717) is 0 Å². The first-order chi connectivity index (χ1) is 14.2. The molecular weight excluding hydrogens is 352 g/mol. The molecule has 4 rings (SSSR count). The van der Waals surface area contributed by atoms with E-state index in [4.69, 9.17) is 0 Å². The summed E-state index contributed by atoms with van der Waals surface area (Å²) in [4.78, 5) is 4.37. The lowest BCUT2D eigenvalue weighted by atomic mass is 10.00. The van der Waals surface area contributed by atoms with Crippen molar-refractivity contribution in [2.24, 2.45) is 0 Å². The van der Waals surface area contributed by atoms with Crippen molar-refractivity contribution >= 4 is 39.4 Å². The minimum Gasteiger partial charge on any atom is -0.353 e. The molecular formula is C27H28N2. The Hall–Kier alpha value is -3.39. The zero-order chi connectivity index (χ0) is 21.0. The standard InChI is InChI=1S/C25H22N2.C2H6/c1-5-9-19-16(4)14-26-15-24(19)27-23-13-12-21-18(7-3)17(6-2)20-10-8-11-22(23)25(20)21;1-2/h5-15,27H,2-3H2,1,4H3;1-2H3/b9-5-;. The molecule has 0 unspecified atom stereocenters. The summed E-state index contributed by atoms with van der Waals surface area (Å²) in [6.07, 6.45) is 11.8. The van der Waals surface area contributed by atoms with Gasteiger partial charge in [0.2, 0.25) is 0 Å². The van der Waals surface area contributed by atoms with Crippen LogP contribution in [0, 0.1) is 6.92 Å². The van der Waals surface area contributed by atoms with Crippen molar-refractivity contribution in [2.75, 3.05) is 5.32 Å². The van der Waals surface area contributed by atoms with E-state index in [-0.39, 0.29) is 0 Å². The van der Waals surface area contributed by atoms with Gasteiger partial charge in [-0.3, -0.25) is 4.98 Å². The van der Waals surface area contributed by atoms with Gasteiger partial charge in [-0.15, -0.1) is 0 Å². The van der Waals surface area contributed by atoms with Crippen LogP contribution in [0.5, 0.6) is 0 Å². The Morgan fingerprint density at radius 3 is 2.24 bits per heavy atom. The largest absolute Gasteiger partial charge is 0.353 e. The van der Waals surface area contributed by atoms with Crippen LogP contribution in [0.1, 0.15) is 43.0 Å². The normalized spacial score (nSPS) is 12.1. The molecule has 1 aliphatic carbocycles. The Balaban J connectivity index is 0.00000117. The van der Waals surface area contributed by atoms with Gasteiger partial charge in [0.1, 0.15) is 0 Å². The number of hydrogen-bond acceptors (Lipinski definition) is 2. The van der Waals surface area contributed by atoms with Gasteiger partial charge >= 0.3 is 0 Å². The van der Waals surface area contributed by atoms with E-state index in [1.165, 1.54) is 21.9 Å². The van der Waals surface area contributed by atoms with Gasteiger partial charge in [0, 0.05) is 22.8 Å². The summed E-state index contributed by atoms with van der Waals surface area (Å²) in [5, 5.41) is 6.04. The Morgan fingerprint density at radius 2 is 1.59 bits per heavy atom. The van der Waals surface area contributed by atoms with Crippen LogP contribution in [0.25, 0.3) is 28.0 Å². The van der Waals surface area contributed by atoms with Gasteiger partial charge < -0.3 is 5.32 Å². The molecule has 0 spiro atoms. The molecule has 1 aromatic heterocycles. The average Bonchev–Trinajstić information content (AvgIpc) is 3.08. The number of benzene rings is 2. The zero-order valence-electron chi connectivity index (χ0n) is 17.7. The van der Waals surface area contributed by atoms with Crippen molar-refractivity contribution in [2.45, 2.75) is 27.7 Å². The Kier molecular flexibility index (Phi) is 6.13. The monoisotopic (exact) mass is 380 g/mol. The SMILES string of the molecule is C=CC1=C(C=C)c2ccc(Nc3cncc(C)c3/C=C\C)c3cccc1c23.CC. The highest BCUT2D eigenvalue weighted by Crippen LogP contribution is 2.45. The summed E-state index contributed by atoms with van der Waals surface area (Å²) in [5.74, 6) is 0. The fourth-order valence-electron chi connectivity index (χ4n) is 3.90. The van der Waals surface area contributed by atoms with Crippen molar-refractivity contribution in [3.63, 3.8) is 0 Å². The first-order valence-electron chi connectivity index (χ1n) is 10.1. The molecule has 0 saturated carbocycles. The molecule has 3 aromatic rings. The second-order valence-electron chi connectivity index (χ2n) is 6.67. The van der Waals surface area contributed by atoms with Crippen LogP contribution in [-0.2, 0) is 0 Å². The molecule has 2 heteroatoms. The quantitative estimate of drug-likeness (QED) is 0.486. The Bertz CT molecular complexity index is 1120. The number of nitrogens with one attached hydrogen (secondary N) is 1. The summed E-state index contributed by atoms with van der Waals surface area (Å²) in [6, 6.07) is 10.7. The highest BCUT2D eigenvalue weighted by molar-refractivity contribution is 6.20. The second kappa shape index (κ2) is 8.74. The van der Waals surface area contributed by atoms with Gasteiger partial charge in [-0.1, -0.05) is 75.6 Å². The number of pyridine rings is 1. The van der Waals surface area contributed by atoms with Gasteiger partial charge in [0.05, 0.1) is 11.9 Å². The van der Waals surface area contributed by atoms with Crippen LogP contribution in [-0.4, -0.2) is 4.98 Å². The van der Waals surface area contributed by atoms with Crippen molar-refractivity contribution in [1.29, 1.82) is 0 Å². The molecule has 1 aliphatic rings. The van der Waals surface area contributed by atoms with Crippen molar-refractivity contribution in [1.82, 2.24) is 4.98 Å². The molecule has 0 bridgehead atoms. The maximum absolute atomic E-state index is 4.37. The summed E-state index contributed by atoms with van der Waals surface area (Å²) in [5.41, 5.74) is 9.11. The number of allylic oxidation sites excluding steroid dienone is 5. The number of nitrogens with zero attached hydrogens (tertiary/aromatic N) is 1. The van der Waals surface area contributed by atoms with Gasteiger partial charge in [-0.2, -0.15) is 0 Å². The molecule has 146 valence electrons. The molecule has 0 radical (unpaired) electrons. The first-order valence-corrected chi connectivity index (χ1v) is 10.1. The molecule has 2 aromatic carbocycles. The lowest BCUT2D eigenvalue weighted by Gasteiger charge is -2.15. The van der Waals surface area contributed by atoms with E-state index in [0.717, 1.165) is 33.6 Å². The number of anilines is 2. The second-order valence-corrected chi connectivity index (χ2v) is 6.67. The van der Waals surface area contributed by atoms with Crippen LogP contribution in [0.3, 0.4) is 0 Å². The van der Waals surface area contributed by atoms with Crippen molar-refractivity contribution in [3.8, 4) is 0 Å². The Labute approximate surface area is 174 Å². The molecule has 2 nitrogen and oxygen atoms in total. The van der Waals surface area contributed by atoms with E-state index >= 15 is 0 Å². The minimum absolute atomic E-state index is 1.01. The van der Waals surface area contributed by atoms with Crippen LogP contribution in [0.4, 0.5) is 11.4 Å². The van der Waals surface area contributed by atoms with Crippen LogP contribution >= 0.6 is 0 Å². The molecule has 1 N–H and O–H groups in total. The lowest BCUT2D eigenvalue weighted by molar-refractivity contribution is 1.25. The highest BCUT2D eigenvalue weighted by atomic mass is 14.9. The highest BCUT2D eigenvalue weighted by Gasteiger charge is 2.22. The predicted molar refractivity (Wildman–Crippen MR) is 129 cm³/mol. The van der Waals surface area contributed by atoms with E-state index < -0.39 is 0 Å².